The van der Waals surface area contributed by atoms with E-state index in [1.165, 1.54) is 12.5 Å². The molecule has 0 aliphatic carbocycles. The van der Waals surface area contributed by atoms with Crippen molar-refractivity contribution >= 4 is 22.5 Å². The van der Waals surface area contributed by atoms with Crippen LogP contribution in [0.3, 0.4) is 0 Å². The number of aromatic nitrogens is 4. The second-order valence-corrected chi connectivity index (χ2v) is 7.93. The van der Waals surface area contributed by atoms with E-state index in [0.717, 1.165) is 48.6 Å². The number of nitrogens with zero attached hydrogens (tertiary/aromatic N) is 4. The van der Waals surface area contributed by atoms with Crippen LogP contribution < -0.4 is 5.32 Å². The molecule has 168 valence electrons. The third-order valence-electron chi connectivity index (χ3n) is 5.57. The van der Waals surface area contributed by atoms with Crippen molar-refractivity contribution in [3.8, 4) is 11.1 Å². The van der Waals surface area contributed by atoms with Gasteiger partial charge in [0.1, 0.15) is 5.69 Å². The summed E-state index contributed by atoms with van der Waals surface area (Å²) >= 11 is 0. The zero-order valence-corrected chi connectivity index (χ0v) is 17.4. The molecule has 10 heteroatoms. The number of hydrogen-bond donors (Lipinski definition) is 2. The maximum absolute atomic E-state index is 12.9. The summed E-state index contributed by atoms with van der Waals surface area (Å²) in [6, 6.07) is 9.69. The topological polar surface area (TPSA) is 86.8 Å². The molecule has 3 aromatic heterocycles. The molecule has 4 aromatic rings. The average Bonchev–Trinajstić information content (AvgIpc) is 3.19. The van der Waals surface area contributed by atoms with Crippen molar-refractivity contribution < 1.29 is 18.0 Å². The number of benzene rings is 1. The van der Waals surface area contributed by atoms with E-state index in [0.29, 0.717) is 10.9 Å². The van der Waals surface area contributed by atoms with Crippen LogP contribution >= 0.6 is 0 Å². The summed E-state index contributed by atoms with van der Waals surface area (Å²) in [5, 5.41) is 9.90. The minimum absolute atomic E-state index is 0.0162. The summed E-state index contributed by atoms with van der Waals surface area (Å²) in [5.74, 6) is -0.623. The summed E-state index contributed by atoms with van der Waals surface area (Å²) in [6.07, 6.45) is 1.22. The maximum Gasteiger partial charge on any atom is 0.433 e. The number of rotatable bonds is 5. The molecule has 2 N–H and O–H groups in total. The molecule has 0 spiro atoms. The van der Waals surface area contributed by atoms with E-state index in [9.17, 15) is 18.0 Å². The number of H-pyrrole nitrogens is 1. The number of alkyl halides is 3. The second-order valence-electron chi connectivity index (χ2n) is 7.93. The van der Waals surface area contributed by atoms with Gasteiger partial charge in [0, 0.05) is 41.8 Å². The van der Waals surface area contributed by atoms with Gasteiger partial charge in [0.15, 0.2) is 5.69 Å². The Morgan fingerprint density at radius 2 is 1.94 bits per heavy atom. The van der Waals surface area contributed by atoms with E-state index in [-0.39, 0.29) is 11.4 Å². The van der Waals surface area contributed by atoms with Gasteiger partial charge in [-0.3, -0.25) is 24.8 Å². The highest BCUT2D eigenvalue weighted by Gasteiger charge is 2.32. The van der Waals surface area contributed by atoms with Crippen molar-refractivity contribution in [1.29, 1.82) is 0 Å². The molecule has 0 bridgehead atoms. The number of carbonyl (C=O) groups is 1. The number of pyridine rings is 2. The van der Waals surface area contributed by atoms with E-state index in [1.54, 1.807) is 6.20 Å². The van der Waals surface area contributed by atoms with Crippen molar-refractivity contribution in [2.45, 2.75) is 19.1 Å². The zero-order valence-electron chi connectivity index (χ0n) is 17.4. The Hall–Kier alpha value is -3.79. The molecule has 1 aromatic carbocycles. The van der Waals surface area contributed by atoms with Crippen LogP contribution in [0.5, 0.6) is 0 Å². The third-order valence-corrected chi connectivity index (χ3v) is 5.57. The van der Waals surface area contributed by atoms with Crippen LogP contribution in [0.4, 0.5) is 18.9 Å². The number of amides is 1. The lowest BCUT2D eigenvalue weighted by Gasteiger charge is -2.30. The number of carbonyl (C=O) groups excluding carboxylic acids is 1. The zero-order chi connectivity index (χ0) is 23.0. The van der Waals surface area contributed by atoms with E-state index in [2.05, 4.69) is 36.4 Å². The molecule has 0 atom stereocenters. The van der Waals surface area contributed by atoms with Gasteiger partial charge in [-0.2, -0.15) is 18.3 Å². The minimum Gasteiger partial charge on any atom is -0.320 e. The average molecular weight is 452 g/mol. The first-order valence-electron chi connectivity index (χ1n) is 10.4. The first-order chi connectivity index (χ1) is 15.9. The first kappa shape index (κ1) is 21.1. The van der Waals surface area contributed by atoms with Gasteiger partial charge >= 0.3 is 6.18 Å². The highest BCUT2D eigenvalue weighted by molar-refractivity contribution is 6.11. The Morgan fingerprint density at radius 1 is 1.09 bits per heavy atom. The van der Waals surface area contributed by atoms with Crippen LogP contribution in [0.2, 0.25) is 0 Å². The summed E-state index contributed by atoms with van der Waals surface area (Å²) in [5.41, 5.74) is 2.50. The number of hydrogen-bond acceptors (Lipinski definition) is 5. The van der Waals surface area contributed by atoms with Crippen LogP contribution in [-0.2, 0) is 12.7 Å². The SMILES string of the molecule is O=C(Nc1ccnc(C(F)(F)F)c1)c1n[nH]c2ccc(-c3cncc(CN4CCC4)c3)cc12. The van der Waals surface area contributed by atoms with E-state index in [1.807, 2.05) is 24.4 Å². The highest BCUT2D eigenvalue weighted by atomic mass is 19.4. The Bertz CT molecular complexity index is 1330. The molecule has 0 unspecified atom stereocenters. The maximum atomic E-state index is 12.9. The van der Waals surface area contributed by atoms with Gasteiger partial charge in [0.05, 0.1) is 5.52 Å². The number of aromatic amines is 1. The van der Waals surface area contributed by atoms with Crippen molar-refractivity contribution in [3.63, 3.8) is 0 Å². The fraction of sp³-hybridized carbons (Fsp3) is 0.217. The highest BCUT2D eigenvalue weighted by Crippen LogP contribution is 2.30. The van der Waals surface area contributed by atoms with Gasteiger partial charge < -0.3 is 5.32 Å². The van der Waals surface area contributed by atoms with Crippen molar-refractivity contribution in [2.24, 2.45) is 0 Å². The lowest BCUT2D eigenvalue weighted by atomic mass is 10.0. The molecule has 0 saturated carbocycles. The van der Waals surface area contributed by atoms with Gasteiger partial charge in [-0.15, -0.1) is 0 Å². The second kappa shape index (κ2) is 8.28. The number of halogens is 3. The Kier molecular flexibility index (Phi) is 5.29. The van der Waals surface area contributed by atoms with Crippen LogP contribution in [0.1, 0.15) is 28.2 Å². The monoisotopic (exact) mass is 452 g/mol. The summed E-state index contributed by atoms with van der Waals surface area (Å²) in [4.78, 5) is 22.8. The van der Waals surface area contributed by atoms with Gasteiger partial charge in [-0.25, -0.2) is 0 Å². The van der Waals surface area contributed by atoms with Crippen molar-refractivity contribution in [3.05, 3.63) is 71.9 Å². The molecule has 7 nitrogen and oxygen atoms in total. The molecular weight excluding hydrogens is 433 g/mol. The quantitative estimate of drug-likeness (QED) is 0.466. The summed E-state index contributed by atoms with van der Waals surface area (Å²) in [7, 11) is 0. The Balaban J connectivity index is 1.42. The minimum atomic E-state index is -4.60. The van der Waals surface area contributed by atoms with Crippen molar-refractivity contribution in [2.75, 3.05) is 18.4 Å². The number of anilines is 1. The van der Waals surface area contributed by atoms with Crippen LogP contribution in [0, 0.1) is 0 Å². The Labute approximate surface area is 186 Å². The summed E-state index contributed by atoms with van der Waals surface area (Å²) < 4.78 is 38.7. The molecule has 1 saturated heterocycles. The molecule has 1 aliphatic rings. The van der Waals surface area contributed by atoms with Gasteiger partial charge in [-0.05, 0) is 61.0 Å². The molecule has 0 radical (unpaired) electrons. The molecular formula is C23H19F3N6O. The van der Waals surface area contributed by atoms with E-state index >= 15 is 0 Å². The molecule has 1 fully saturated rings. The van der Waals surface area contributed by atoms with Crippen LogP contribution in [0.15, 0.2) is 55.0 Å². The number of fused-ring (bicyclic) bond motifs is 1. The van der Waals surface area contributed by atoms with E-state index < -0.39 is 17.8 Å². The molecule has 4 heterocycles. The number of nitrogens with one attached hydrogen (secondary N) is 2. The lowest BCUT2D eigenvalue weighted by molar-refractivity contribution is -0.141. The molecule has 1 amide bonds. The van der Waals surface area contributed by atoms with Gasteiger partial charge in [0.2, 0.25) is 0 Å². The first-order valence-corrected chi connectivity index (χ1v) is 10.4. The normalized spacial score (nSPS) is 14.3. The van der Waals surface area contributed by atoms with Gasteiger partial charge in [-0.1, -0.05) is 6.07 Å². The van der Waals surface area contributed by atoms with Crippen molar-refractivity contribution in [1.82, 2.24) is 25.1 Å². The molecule has 1 aliphatic heterocycles. The smallest absolute Gasteiger partial charge is 0.320 e. The fourth-order valence-corrected chi connectivity index (χ4v) is 3.75. The fourth-order valence-electron chi connectivity index (χ4n) is 3.75. The number of likely N-dealkylation sites (tertiary alicyclic amines) is 1. The van der Waals surface area contributed by atoms with Crippen LogP contribution in [-0.4, -0.2) is 44.1 Å². The van der Waals surface area contributed by atoms with Gasteiger partial charge in [0.25, 0.3) is 5.91 Å². The summed E-state index contributed by atoms with van der Waals surface area (Å²) in [6.45, 7) is 3.02. The third kappa shape index (κ3) is 4.42. The van der Waals surface area contributed by atoms with E-state index in [4.69, 9.17) is 0 Å². The molecule has 5 rings (SSSR count). The predicted octanol–water partition coefficient (Wildman–Crippen LogP) is 4.50. The standard InChI is InChI=1S/C23H19F3N6O/c24-23(25,26)20-10-17(4-5-28-20)29-22(33)21-18-9-15(2-3-19(18)30-31-21)16-8-14(11-27-12-16)13-32-6-1-7-32/h2-5,8-12H,1,6-7,13H2,(H,30,31)(H,28,29,33). The largest absolute Gasteiger partial charge is 0.433 e. The van der Waals surface area contributed by atoms with Crippen LogP contribution in [0.25, 0.3) is 22.0 Å². The predicted molar refractivity (Wildman–Crippen MR) is 116 cm³/mol. The molecule has 33 heavy (non-hydrogen) atoms. The lowest BCUT2D eigenvalue weighted by Crippen LogP contribution is -2.36. The Morgan fingerprint density at radius 3 is 2.70 bits per heavy atom.